The van der Waals surface area contributed by atoms with Gasteiger partial charge in [0.25, 0.3) is 0 Å². The van der Waals surface area contributed by atoms with Crippen molar-refractivity contribution in [3.8, 4) is 0 Å². The molecule has 13 heavy (non-hydrogen) atoms. The summed E-state index contributed by atoms with van der Waals surface area (Å²) in [5.41, 5.74) is 0. The number of carbonyl (C=O) groups excluding carboxylic acids is 1. The topological polar surface area (TPSA) is 35.5 Å². The minimum absolute atomic E-state index is 0.0963. The molecule has 0 amide bonds. The van der Waals surface area contributed by atoms with Crippen LogP contribution in [0.5, 0.6) is 0 Å². The van der Waals surface area contributed by atoms with Crippen molar-refractivity contribution in [1.82, 2.24) is 0 Å². The van der Waals surface area contributed by atoms with Crippen LogP contribution in [0.15, 0.2) is 12.3 Å². The first-order chi connectivity index (χ1) is 6.22. The largest absolute Gasteiger partial charge is 0.487 e. The van der Waals surface area contributed by atoms with E-state index in [1.165, 1.54) is 0 Å². The molecule has 0 rings (SSSR count). The van der Waals surface area contributed by atoms with Crippen LogP contribution in [-0.2, 0) is 14.3 Å². The average molecular weight is 186 g/mol. The molecule has 0 spiro atoms. The van der Waals surface area contributed by atoms with Crippen molar-refractivity contribution in [1.29, 1.82) is 0 Å². The third kappa shape index (κ3) is 6.20. The van der Waals surface area contributed by atoms with E-state index in [1.807, 2.05) is 0 Å². The molecule has 0 radical (unpaired) electrons. The molecule has 0 saturated heterocycles. The maximum Gasteiger partial charge on any atom is 0.372 e. The molecule has 0 aromatic heterocycles. The van der Waals surface area contributed by atoms with E-state index in [1.54, 1.807) is 6.92 Å². The van der Waals surface area contributed by atoms with Gasteiger partial charge in [-0.2, -0.15) is 0 Å². The van der Waals surface area contributed by atoms with Crippen molar-refractivity contribution in [2.75, 3.05) is 13.2 Å². The standard InChI is InChI=1S/C10H18O3/c1-4-6-7-8-13-10(11)9(3)12-5-2/h3-8H2,1-2H3. The summed E-state index contributed by atoms with van der Waals surface area (Å²) in [5, 5.41) is 0. The van der Waals surface area contributed by atoms with E-state index in [9.17, 15) is 4.79 Å². The van der Waals surface area contributed by atoms with Crippen molar-refractivity contribution in [2.24, 2.45) is 0 Å². The third-order valence-electron chi connectivity index (χ3n) is 1.53. The molecular weight excluding hydrogens is 168 g/mol. The maximum absolute atomic E-state index is 11.0. The van der Waals surface area contributed by atoms with Gasteiger partial charge in [0.1, 0.15) is 0 Å². The predicted molar refractivity (Wildman–Crippen MR) is 51.3 cm³/mol. The Balaban J connectivity index is 3.44. The lowest BCUT2D eigenvalue weighted by Gasteiger charge is -2.06. The Bertz CT molecular complexity index is 164. The highest BCUT2D eigenvalue weighted by Crippen LogP contribution is 1.99. The molecule has 0 bridgehead atoms. The van der Waals surface area contributed by atoms with E-state index in [0.29, 0.717) is 13.2 Å². The van der Waals surface area contributed by atoms with Gasteiger partial charge in [0, 0.05) is 0 Å². The number of ether oxygens (including phenoxy) is 2. The van der Waals surface area contributed by atoms with Crippen molar-refractivity contribution in [2.45, 2.75) is 33.1 Å². The summed E-state index contributed by atoms with van der Waals surface area (Å²) in [6.07, 6.45) is 3.10. The van der Waals surface area contributed by atoms with Gasteiger partial charge in [-0.05, 0) is 19.9 Å². The van der Waals surface area contributed by atoms with Gasteiger partial charge in [-0.3, -0.25) is 0 Å². The minimum atomic E-state index is -0.446. The molecule has 0 aliphatic heterocycles. The summed E-state index contributed by atoms with van der Waals surface area (Å²) < 4.78 is 9.79. The Morgan fingerprint density at radius 3 is 2.46 bits per heavy atom. The van der Waals surface area contributed by atoms with Crippen LogP contribution in [0.3, 0.4) is 0 Å². The van der Waals surface area contributed by atoms with Gasteiger partial charge in [-0.25, -0.2) is 4.79 Å². The number of unbranched alkanes of at least 4 members (excludes halogenated alkanes) is 2. The van der Waals surface area contributed by atoms with E-state index in [2.05, 4.69) is 13.5 Å². The lowest BCUT2D eigenvalue weighted by atomic mass is 10.3. The van der Waals surface area contributed by atoms with Gasteiger partial charge in [0.15, 0.2) is 5.76 Å². The number of rotatable bonds is 7. The zero-order valence-electron chi connectivity index (χ0n) is 8.47. The molecule has 0 heterocycles. The van der Waals surface area contributed by atoms with Crippen molar-refractivity contribution < 1.29 is 14.3 Å². The molecule has 0 unspecified atom stereocenters. The van der Waals surface area contributed by atoms with Gasteiger partial charge in [-0.15, -0.1) is 0 Å². The average Bonchev–Trinajstić information content (AvgIpc) is 2.12. The van der Waals surface area contributed by atoms with Gasteiger partial charge in [0.05, 0.1) is 13.2 Å². The fraction of sp³-hybridized carbons (Fsp3) is 0.700. The molecule has 3 nitrogen and oxygen atoms in total. The summed E-state index contributed by atoms with van der Waals surface area (Å²) in [6, 6.07) is 0. The molecule has 0 aromatic rings. The van der Waals surface area contributed by atoms with Gasteiger partial charge >= 0.3 is 5.97 Å². The Morgan fingerprint density at radius 1 is 1.23 bits per heavy atom. The van der Waals surface area contributed by atoms with Crippen molar-refractivity contribution in [3.63, 3.8) is 0 Å². The SMILES string of the molecule is C=C(OCC)C(=O)OCCCCC. The number of carbonyl (C=O) groups is 1. The highest BCUT2D eigenvalue weighted by atomic mass is 16.6. The molecule has 3 heteroatoms. The molecule has 0 saturated carbocycles. The van der Waals surface area contributed by atoms with E-state index >= 15 is 0 Å². The maximum atomic E-state index is 11.0. The highest BCUT2D eigenvalue weighted by molar-refractivity contribution is 5.85. The van der Waals surface area contributed by atoms with Crippen LogP contribution >= 0.6 is 0 Å². The van der Waals surface area contributed by atoms with Crippen molar-refractivity contribution in [3.05, 3.63) is 12.3 Å². The Hall–Kier alpha value is -0.990. The van der Waals surface area contributed by atoms with Crippen LogP contribution in [0.2, 0.25) is 0 Å². The Morgan fingerprint density at radius 2 is 1.92 bits per heavy atom. The van der Waals surface area contributed by atoms with Crippen LogP contribution in [0, 0.1) is 0 Å². The first-order valence-electron chi connectivity index (χ1n) is 4.71. The number of esters is 1. The van der Waals surface area contributed by atoms with Gasteiger partial charge in [0.2, 0.25) is 0 Å². The van der Waals surface area contributed by atoms with Crippen LogP contribution in [0.1, 0.15) is 33.1 Å². The Kier molecular flexibility index (Phi) is 7.07. The minimum Gasteiger partial charge on any atom is -0.487 e. The zero-order valence-corrected chi connectivity index (χ0v) is 8.47. The predicted octanol–water partition coefficient (Wildman–Crippen LogP) is 2.27. The fourth-order valence-electron chi connectivity index (χ4n) is 0.831. The molecule has 0 atom stereocenters. The summed E-state index contributed by atoms with van der Waals surface area (Å²) >= 11 is 0. The second kappa shape index (κ2) is 7.65. The van der Waals surface area contributed by atoms with Gasteiger partial charge < -0.3 is 9.47 Å². The molecule has 0 N–H and O–H groups in total. The van der Waals surface area contributed by atoms with Crippen LogP contribution in [0.25, 0.3) is 0 Å². The monoisotopic (exact) mass is 186 g/mol. The van der Waals surface area contributed by atoms with E-state index in [4.69, 9.17) is 9.47 Å². The quantitative estimate of drug-likeness (QED) is 0.265. The second-order valence-corrected chi connectivity index (χ2v) is 2.70. The van der Waals surface area contributed by atoms with Gasteiger partial charge in [-0.1, -0.05) is 19.8 Å². The number of hydrogen-bond donors (Lipinski definition) is 0. The lowest BCUT2D eigenvalue weighted by Crippen LogP contribution is -2.10. The van der Waals surface area contributed by atoms with E-state index in [-0.39, 0.29) is 5.76 Å². The van der Waals surface area contributed by atoms with Crippen LogP contribution in [0.4, 0.5) is 0 Å². The smallest absolute Gasteiger partial charge is 0.372 e. The van der Waals surface area contributed by atoms with Crippen LogP contribution < -0.4 is 0 Å². The highest BCUT2D eigenvalue weighted by Gasteiger charge is 2.07. The zero-order chi connectivity index (χ0) is 10.1. The molecular formula is C10H18O3. The molecule has 0 aromatic carbocycles. The molecule has 0 aliphatic rings. The summed E-state index contributed by atoms with van der Waals surface area (Å²) in [6.45, 7) is 8.25. The summed E-state index contributed by atoms with van der Waals surface area (Å²) in [7, 11) is 0. The molecule has 76 valence electrons. The molecule has 0 fully saturated rings. The second-order valence-electron chi connectivity index (χ2n) is 2.70. The summed E-state index contributed by atoms with van der Waals surface area (Å²) in [4.78, 5) is 11.0. The fourth-order valence-corrected chi connectivity index (χ4v) is 0.831. The Labute approximate surface area is 79.7 Å². The summed E-state index contributed by atoms with van der Waals surface area (Å²) in [5.74, 6) is -0.350. The molecule has 0 aliphatic carbocycles. The first-order valence-corrected chi connectivity index (χ1v) is 4.71. The van der Waals surface area contributed by atoms with E-state index < -0.39 is 5.97 Å². The lowest BCUT2D eigenvalue weighted by molar-refractivity contribution is -0.143. The number of hydrogen-bond acceptors (Lipinski definition) is 3. The third-order valence-corrected chi connectivity index (χ3v) is 1.53. The van der Waals surface area contributed by atoms with Crippen molar-refractivity contribution >= 4 is 5.97 Å². The van der Waals surface area contributed by atoms with E-state index in [0.717, 1.165) is 19.3 Å². The van der Waals surface area contributed by atoms with Crippen LogP contribution in [-0.4, -0.2) is 19.2 Å². The normalized spacial score (nSPS) is 9.38. The first kappa shape index (κ1) is 12.0.